The van der Waals surface area contributed by atoms with E-state index in [-0.39, 0.29) is 6.04 Å². The third-order valence-corrected chi connectivity index (χ3v) is 5.62. The first-order valence-corrected chi connectivity index (χ1v) is 9.89. The number of nitrogens with zero attached hydrogens (tertiary/aromatic N) is 2. The second-order valence-corrected chi connectivity index (χ2v) is 8.16. The molecule has 2 aromatic carbocycles. The van der Waals surface area contributed by atoms with Crippen molar-refractivity contribution in [2.75, 3.05) is 6.54 Å². The Hall–Kier alpha value is -2.94. The lowest BCUT2D eigenvalue weighted by molar-refractivity contribution is -0.0642. The van der Waals surface area contributed by atoms with Gasteiger partial charge in [-0.2, -0.15) is 5.26 Å². The monoisotopic (exact) mass is 387 g/mol. The highest BCUT2D eigenvalue weighted by atomic mass is 16.5. The maximum Gasteiger partial charge on any atom is 0.141 e. The van der Waals surface area contributed by atoms with Crippen LogP contribution in [0.5, 0.6) is 5.75 Å². The number of aliphatic hydroxyl groups is 1. The lowest BCUT2D eigenvalue weighted by atomic mass is 9.85. The molecule has 1 aromatic heterocycles. The fourth-order valence-electron chi connectivity index (χ4n) is 3.98. The molecule has 1 aliphatic rings. The molecule has 0 saturated carbocycles. The Kier molecular flexibility index (Phi) is 4.99. The van der Waals surface area contributed by atoms with Crippen LogP contribution in [0.4, 0.5) is 0 Å². The van der Waals surface area contributed by atoms with Crippen LogP contribution >= 0.6 is 0 Å². The number of hydrogen-bond acceptors (Lipinski definition) is 5. The van der Waals surface area contributed by atoms with Crippen LogP contribution in [0.3, 0.4) is 0 Å². The highest BCUT2D eigenvalue weighted by Crippen LogP contribution is 2.42. The normalized spacial score (nSPS) is 20.0. The minimum atomic E-state index is -0.723. The zero-order chi connectivity index (χ0) is 20.6. The molecule has 5 heteroatoms. The number of benzene rings is 2. The van der Waals surface area contributed by atoms with Gasteiger partial charge in [-0.25, -0.2) is 4.98 Å². The summed E-state index contributed by atoms with van der Waals surface area (Å²) >= 11 is 0. The van der Waals surface area contributed by atoms with E-state index in [1.165, 1.54) is 5.56 Å². The van der Waals surface area contributed by atoms with E-state index in [0.717, 1.165) is 40.7 Å². The Morgan fingerprint density at radius 3 is 2.69 bits per heavy atom. The summed E-state index contributed by atoms with van der Waals surface area (Å²) in [4.78, 5) is 4.46. The molecule has 0 saturated heterocycles. The topological polar surface area (TPSA) is 78.2 Å². The van der Waals surface area contributed by atoms with Crippen molar-refractivity contribution in [1.29, 1.82) is 5.26 Å². The van der Waals surface area contributed by atoms with Crippen LogP contribution in [-0.2, 0) is 6.42 Å². The summed E-state index contributed by atoms with van der Waals surface area (Å²) in [7, 11) is 0. The average molecular weight is 387 g/mol. The van der Waals surface area contributed by atoms with Gasteiger partial charge in [0, 0.05) is 10.9 Å². The van der Waals surface area contributed by atoms with Gasteiger partial charge in [0.15, 0.2) is 0 Å². The molecule has 5 nitrogen and oxygen atoms in total. The largest absolute Gasteiger partial charge is 0.485 e. The van der Waals surface area contributed by atoms with Gasteiger partial charge >= 0.3 is 0 Å². The van der Waals surface area contributed by atoms with Gasteiger partial charge in [0.2, 0.25) is 0 Å². The molecule has 2 atom stereocenters. The molecule has 2 heterocycles. The molecule has 0 bridgehead atoms. The highest BCUT2D eigenvalue weighted by molar-refractivity contribution is 5.85. The van der Waals surface area contributed by atoms with E-state index in [4.69, 9.17) is 4.74 Å². The first-order valence-electron chi connectivity index (χ1n) is 9.89. The van der Waals surface area contributed by atoms with Gasteiger partial charge in [0.05, 0.1) is 11.6 Å². The van der Waals surface area contributed by atoms with Crippen molar-refractivity contribution in [2.45, 2.75) is 44.9 Å². The molecule has 0 aliphatic carbocycles. The second kappa shape index (κ2) is 7.47. The van der Waals surface area contributed by atoms with E-state index in [1.807, 2.05) is 51.1 Å². The second-order valence-electron chi connectivity index (χ2n) is 8.16. The summed E-state index contributed by atoms with van der Waals surface area (Å²) in [5, 5.41) is 24.7. The van der Waals surface area contributed by atoms with Crippen molar-refractivity contribution >= 4 is 10.9 Å². The SMILES string of the molecule is Cc1cc(C#N)nc2cc3c(cc12)OC(C)(C)[C@@H](O)[C@@H]3NCCc1ccccc1. The Balaban J connectivity index is 1.70. The molecule has 3 aromatic rings. The van der Waals surface area contributed by atoms with Crippen molar-refractivity contribution in [3.63, 3.8) is 0 Å². The number of hydrogen-bond donors (Lipinski definition) is 2. The third kappa shape index (κ3) is 3.69. The molecule has 0 amide bonds. The van der Waals surface area contributed by atoms with Crippen LogP contribution in [-0.4, -0.2) is 28.3 Å². The number of nitriles is 1. The van der Waals surface area contributed by atoms with Gasteiger partial charge in [0.25, 0.3) is 0 Å². The van der Waals surface area contributed by atoms with Crippen LogP contribution in [0.25, 0.3) is 10.9 Å². The van der Waals surface area contributed by atoms with Crippen molar-refractivity contribution in [2.24, 2.45) is 0 Å². The molecular formula is C24H25N3O2. The number of aryl methyl sites for hydroxylation is 1. The van der Waals surface area contributed by atoms with E-state index < -0.39 is 11.7 Å². The quantitative estimate of drug-likeness (QED) is 0.712. The minimum absolute atomic E-state index is 0.283. The minimum Gasteiger partial charge on any atom is -0.485 e. The standard InChI is InChI=1S/C24H25N3O2/c1-15-11-17(14-25)27-20-12-19-21(13-18(15)20)29-24(2,3)23(28)22(19)26-10-9-16-7-5-4-6-8-16/h4-8,11-13,22-23,26,28H,9-10H2,1-3H3/t22-,23+/m1/s1. The van der Waals surface area contributed by atoms with Gasteiger partial charge in [-0.3, -0.25) is 0 Å². The lowest BCUT2D eigenvalue weighted by Gasteiger charge is -2.42. The number of ether oxygens (including phenoxy) is 1. The van der Waals surface area contributed by atoms with Crippen molar-refractivity contribution in [1.82, 2.24) is 10.3 Å². The van der Waals surface area contributed by atoms with E-state index in [2.05, 4.69) is 28.5 Å². The molecule has 0 radical (unpaired) electrons. The van der Waals surface area contributed by atoms with E-state index in [1.54, 1.807) is 6.07 Å². The zero-order valence-electron chi connectivity index (χ0n) is 16.9. The zero-order valence-corrected chi connectivity index (χ0v) is 16.9. The van der Waals surface area contributed by atoms with Crippen molar-refractivity contribution < 1.29 is 9.84 Å². The number of aromatic nitrogens is 1. The first kappa shape index (κ1) is 19.4. The van der Waals surface area contributed by atoms with Crippen LogP contribution < -0.4 is 10.1 Å². The predicted molar refractivity (Wildman–Crippen MR) is 113 cm³/mol. The average Bonchev–Trinajstić information content (AvgIpc) is 2.70. The van der Waals surface area contributed by atoms with Crippen LogP contribution in [0.15, 0.2) is 48.5 Å². The van der Waals surface area contributed by atoms with Gasteiger partial charge in [-0.05, 0) is 63.1 Å². The fraction of sp³-hybridized carbons (Fsp3) is 0.333. The van der Waals surface area contributed by atoms with Gasteiger partial charge < -0.3 is 15.2 Å². The van der Waals surface area contributed by atoms with E-state index >= 15 is 0 Å². The van der Waals surface area contributed by atoms with Gasteiger partial charge in [-0.15, -0.1) is 0 Å². The first-order chi connectivity index (χ1) is 13.9. The Bertz CT molecular complexity index is 1090. The van der Waals surface area contributed by atoms with E-state index in [0.29, 0.717) is 5.69 Å². The van der Waals surface area contributed by atoms with Crippen LogP contribution in [0.1, 0.15) is 42.3 Å². The fourth-order valence-corrected chi connectivity index (χ4v) is 3.98. The molecule has 148 valence electrons. The number of fused-ring (bicyclic) bond motifs is 2. The van der Waals surface area contributed by atoms with Crippen LogP contribution in [0.2, 0.25) is 0 Å². The molecule has 4 rings (SSSR count). The molecule has 0 unspecified atom stereocenters. The number of aliphatic hydroxyl groups excluding tert-OH is 1. The Morgan fingerprint density at radius 1 is 1.21 bits per heavy atom. The summed E-state index contributed by atoms with van der Waals surface area (Å²) in [6.45, 7) is 6.50. The number of pyridine rings is 1. The van der Waals surface area contributed by atoms with Gasteiger partial charge in [0.1, 0.15) is 29.2 Å². The molecule has 29 heavy (non-hydrogen) atoms. The van der Waals surface area contributed by atoms with Crippen molar-refractivity contribution in [3.8, 4) is 11.8 Å². The summed E-state index contributed by atoms with van der Waals surface area (Å²) < 4.78 is 6.16. The highest BCUT2D eigenvalue weighted by Gasteiger charge is 2.42. The predicted octanol–water partition coefficient (Wildman–Crippen LogP) is 3.82. The summed E-state index contributed by atoms with van der Waals surface area (Å²) in [5.74, 6) is 0.750. The number of nitrogens with one attached hydrogen (secondary N) is 1. The van der Waals surface area contributed by atoms with Crippen molar-refractivity contribution in [3.05, 3.63) is 70.9 Å². The molecular weight excluding hydrogens is 362 g/mol. The maximum atomic E-state index is 11.0. The van der Waals surface area contributed by atoms with Gasteiger partial charge in [-0.1, -0.05) is 30.3 Å². The molecule has 1 aliphatic heterocycles. The molecule has 0 fully saturated rings. The number of rotatable bonds is 4. The molecule has 2 N–H and O–H groups in total. The Labute approximate surface area is 171 Å². The Morgan fingerprint density at radius 2 is 1.97 bits per heavy atom. The maximum absolute atomic E-state index is 11.0. The summed E-state index contributed by atoms with van der Waals surface area (Å²) in [5.41, 5.74) is 3.51. The molecule has 0 spiro atoms. The third-order valence-electron chi connectivity index (χ3n) is 5.62. The lowest BCUT2D eigenvalue weighted by Crippen LogP contribution is -2.52. The van der Waals surface area contributed by atoms with E-state index in [9.17, 15) is 10.4 Å². The summed E-state index contributed by atoms with van der Waals surface area (Å²) in [6.07, 6.45) is 0.146. The summed E-state index contributed by atoms with van der Waals surface area (Å²) in [6, 6.07) is 17.8. The smallest absolute Gasteiger partial charge is 0.141 e. The van der Waals surface area contributed by atoms with Crippen LogP contribution in [0, 0.1) is 18.3 Å².